The van der Waals surface area contributed by atoms with Crippen molar-refractivity contribution >= 4 is 0 Å². The summed E-state index contributed by atoms with van der Waals surface area (Å²) >= 11 is 0. The first-order valence-corrected chi connectivity index (χ1v) is 11.2. The van der Waals surface area contributed by atoms with Gasteiger partial charge < -0.3 is 9.47 Å². The number of hydrogen-bond acceptors (Lipinski definition) is 4. The normalized spacial score (nSPS) is 11.0. The van der Waals surface area contributed by atoms with Crippen molar-refractivity contribution in [3.63, 3.8) is 0 Å². The quantitative estimate of drug-likeness (QED) is 0.293. The van der Waals surface area contributed by atoms with Crippen LogP contribution < -0.4 is 9.47 Å². The molecule has 0 unspecified atom stereocenters. The molecule has 0 radical (unpaired) electrons. The van der Waals surface area contributed by atoms with E-state index in [1.165, 1.54) is 0 Å². The van der Waals surface area contributed by atoms with E-state index in [9.17, 15) is 0 Å². The maximum atomic E-state index is 5.92. The Kier molecular flexibility index (Phi) is 6.85. The topological polar surface area (TPSA) is 49.2 Å². The van der Waals surface area contributed by atoms with Crippen molar-refractivity contribution in [3.05, 3.63) is 84.7 Å². The minimum absolute atomic E-state index is 0.146. The van der Waals surface area contributed by atoms with Gasteiger partial charge in [0.25, 0.3) is 0 Å². The first-order chi connectivity index (χ1) is 15.6. The maximum Gasteiger partial charge on any atom is 0.181 e. The van der Waals surface area contributed by atoms with Crippen molar-refractivity contribution in [2.75, 3.05) is 0 Å². The zero-order valence-corrected chi connectivity index (χ0v) is 18.9. The summed E-state index contributed by atoms with van der Waals surface area (Å²) in [7, 11) is 0. The fourth-order valence-corrected chi connectivity index (χ4v) is 3.40. The summed E-state index contributed by atoms with van der Waals surface area (Å²) in [6.07, 6.45) is 3.19. The van der Waals surface area contributed by atoms with E-state index in [0.717, 1.165) is 59.4 Å². The lowest BCUT2D eigenvalue weighted by Gasteiger charge is -2.09. The van der Waals surface area contributed by atoms with Crippen molar-refractivity contribution in [3.8, 4) is 34.3 Å². The third-order valence-corrected chi connectivity index (χ3v) is 4.97. The van der Waals surface area contributed by atoms with Crippen molar-refractivity contribution in [2.24, 2.45) is 0 Å². The molecule has 164 valence electrons. The number of aryl methyl sites for hydroxylation is 1. The van der Waals surface area contributed by atoms with Gasteiger partial charge in [-0.1, -0.05) is 31.5 Å². The predicted octanol–water partition coefficient (Wildman–Crippen LogP) is 6.86. The van der Waals surface area contributed by atoms with Gasteiger partial charge in [0.2, 0.25) is 0 Å². The molecule has 0 saturated carbocycles. The van der Waals surface area contributed by atoms with Gasteiger partial charge in [-0.3, -0.25) is 0 Å². The van der Waals surface area contributed by atoms with Gasteiger partial charge >= 0.3 is 0 Å². The lowest BCUT2D eigenvalue weighted by molar-refractivity contribution is 0.242. The van der Waals surface area contributed by atoms with Gasteiger partial charge in [-0.2, -0.15) is 0 Å². The fourth-order valence-electron chi connectivity index (χ4n) is 3.40. The molecule has 4 aromatic rings. The summed E-state index contributed by atoms with van der Waals surface area (Å²) in [6.45, 7) is 6.23. The first-order valence-electron chi connectivity index (χ1n) is 11.2. The lowest BCUT2D eigenvalue weighted by atomic mass is 10.2. The van der Waals surface area contributed by atoms with Crippen LogP contribution in [-0.4, -0.2) is 20.9 Å². The molecule has 1 aromatic heterocycles. The Morgan fingerprint density at radius 2 is 1.47 bits per heavy atom. The van der Waals surface area contributed by atoms with Crippen LogP contribution in [0.1, 0.15) is 39.4 Å². The Hall–Kier alpha value is -3.60. The van der Waals surface area contributed by atoms with E-state index in [-0.39, 0.29) is 6.10 Å². The third-order valence-electron chi connectivity index (χ3n) is 4.97. The molecular formula is C27H29N3O2. The van der Waals surface area contributed by atoms with Crippen LogP contribution in [0.15, 0.2) is 78.9 Å². The number of unbranched alkanes of at least 4 members (excludes halogenated alkanes) is 1. The molecule has 0 aliphatic heterocycles. The summed E-state index contributed by atoms with van der Waals surface area (Å²) in [6, 6.07) is 25.7. The molecule has 4 rings (SSSR count). The van der Waals surface area contributed by atoms with Crippen LogP contribution in [0.4, 0.5) is 0 Å². The summed E-state index contributed by atoms with van der Waals surface area (Å²) in [5.74, 6) is 4.13. The summed E-state index contributed by atoms with van der Waals surface area (Å²) < 4.78 is 13.6. The zero-order chi connectivity index (χ0) is 22.3. The van der Waals surface area contributed by atoms with Crippen LogP contribution in [0, 0.1) is 0 Å². The molecule has 0 bridgehead atoms. The highest BCUT2D eigenvalue weighted by Crippen LogP contribution is 2.25. The molecule has 0 aliphatic carbocycles. The molecular weight excluding hydrogens is 398 g/mol. The number of ether oxygens (including phenoxy) is 2. The smallest absolute Gasteiger partial charge is 0.181 e. The number of hydrogen-bond donors (Lipinski definition) is 0. The largest absolute Gasteiger partial charge is 0.491 e. The molecule has 5 nitrogen and oxygen atoms in total. The van der Waals surface area contributed by atoms with Gasteiger partial charge in [0.1, 0.15) is 23.1 Å². The Bertz CT molecular complexity index is 1120. The average Bonchev–Trinajstić information content (AvgIpc) is 3.23. The number of rotatable bonds is 9. The maximum absolute atomic E-state index is 5.92. The van der Waals surface area contributed by atoms with Crippen LogP contribution in [-0.2, 0) is 6.42 Å². The second-order valence-corrected chi connectivity index (χ2v) is 7.97. The van der Waals surface area contributed by atoms with Gasteiger partial charge in [0.05, 0.1) is 11.8 Å². The second-order valence-electron chi connectivity index (χ2n) is 7.97. The first kappa shape index (κ1) is 21.6. The number of aromatic nitrogens is 3. The molecule has 3 aromatic carbocycles. The molecule has 0 N–H and O–H groups in total. The van der Waals surface area contributed by atoms with Crippen LogP contribution in [0.5, 0.6) is 17.2 Å². The van der Waals surface area contributed by atoms with Crippen molar-refractivity contribution < 1.29 is 9.47 Å². The molecule has 0 amide bonds. The minimum atomic E-state index is 0.146. The number of para-hydroxylation sites is 1. The Morgan fingerprint density at radius 1 is 0.812 bits per heavy atom. The van der Waals surface area contributed by atoms with Crippen molar-refractivity contribution in [2.45, 2.75) is 46.1 Å². The molecule has 5 heteroatoms. The third kappa shape index (κ3) is 5.35. The van der Waals surface area contributed by atoms with E-state index in [2.05, 4.69) is 6.92 Å². The molecule has 32 heavy (non-hydrogen) atoms. The highest BCUT2D eigenvalue weighted by atomic mass is 16.5. The number of benzene rings is 3. The van der Waals surface area contributed by atoms with E-state index in [1.54, 1.807) is 0 Å². The fraction of sp³-hybridized carbons (Fsp3) is 0.259. The minimum Gasteiger partial charge on any atom is -0.491 e. The molecule has 1 heterocycles. The highest BCUT2D eigenvalue weighted by molar-refractivity contribution is 5.56. The van der Waals surface area contributed by atoms with E-state index in [4.69, 9.17) is 19.6 Å². The average molecular weight is 428 g/mol. The van der Waals surface area contributed by atoms with Gasteiger partial charge in [0.15, 0.2) is 5.82 Å². The number of nitrogens with zero attached hydrogens (tertiary/aromatic N) is 3. The SMILES string of the molecule is CCCCc1nc(-c2ccc(OC(C)C)cc2)nn1-c1ccc(Oc2ccccc2)cc1. The van der Waals surface area contributed by atoms with Crippen LogP contribution >= 0.6 is 0 Å². The summed E-state index contributed by atoms with van der Waals surface area (Å²) in [5, 5.41) is 4.83. The van der Waals surface area contributed by atoms with Gasteiger partial charge in [-0.15, -0.1) is 5.10 Å². The van der Waals surface area contributed by atoms with Gasteiger partial charge in [-0.05, 0) is 80.9 Å². The monoisotopic (exact) mass is 427 g/mol. The Balaban J connectivity index is 1.59. The summed E-state index contributed by atoms with van der Waals surface area (Å²) in [4.78, 5) is 4.85. The van der Waals surface area contributed by atoms with E-state index >= 15 is 0 Å². The van der Waals surface area contributed by atoms with E-state index in [1.807, 2.05) is 97.4 Å². The van der Waals surface area contributed by atoms with Gasteiger partial charge in [-0.25, -0.2) is 9.67 Å². The standard InChI is InChI=1S/C27H29N3O2/c1-4-5-11-26-28-27(21-12-16-24(17-13-21)31-20(2)3)29-30(26)22-14-18-25(19-15-22)32-23-9-7-6-8-10-23/h6-10,12-20H,4-5,11H2,1-3H3. The van der Waals surface area contributed by atoms with Crippen molar-refractivity contribution in [1.29, 1.82) is 0 Å². The molecule has 0 aliphatic rings. The predicted molar refractivity (Wildman–Crippen MR) is 128 cm³/mol. The second kappa shape index (κ2) is 10.1. The molecule has 0 atom stereocenters. The van der Waals surface area contributed by atoms with Crippen LogP contribution in [0.3, 0.4) is 0 Å². The van der Waals surface area contributed by atoms with E-state index < -0.39 is 0 Å². The molecule has 0 fully saturated rings. The van der Waals surface area contributed by atoms with E-state index in [0.29, 0.717) is 0 Å². The van der Waals surface area contributed by atoms with Crippen molar-refractivity contribution in [1.82, 2.24) is 14.8 Å². The highest BCUT2D eigenvalue weighted by Gasteiger charge is 2.13. The van der Waals surface area contributed by atoms with Crippen LogP contribution in [0.25, 0.3) is 17.1 Å². The van der Waals surface area contributed by atoms with Gasteiger partial charge in [0, 0.05) is 12.0 Å². The molecule has 0 spiro atoms. The van der Waals surface area contributed by atoms with Crippen LogP contribution in [0.2, 0.25) is 0 Å². The Labute approximate surface area is 189 Å². The summed E-state index contributed by atoms with van der Waals surface area (Å²) in [5.41, 5.74) is 1.94. The lowest BCUT2D eigenvalue weighted by Crippen LogP contribution is -2.05. The Morgan fingerprint density at radius 3 is 2.12 bits per heavy atom. The molecule has 0 saturated heterocycles. The zero-order valence-electron chi connectivity index (χ0n) is 18.9.